The molecule has 1 fully saturated rings. The number of rotatable bonds is 30. The van der Waals surface area contributed by atoms with E-state index in [0.29, 0.717) is 30.9 Å². The number of ether oxygens (including phenoxy) is 4. The van der Waals surface area contributed by atoms with E-state index >= 15 is 4.79 Å². The van der Waals surface area contributed by atoms with Crippen LogP contribution in [0.1, 0.15) is 150 Å². The average molecular weight is 1030 g/mol. The minimum absolute atomic E-state index is 0.0465. The van der Waals surface area contributed by atoms with Gasteiger partial charge in [-0.1, -0.05) is 174 Å². The zero-order chi connectivity index (χ0) is 53.1. The first kappa shape index (κ1) is 56.3. The summed E-state index contributed by atoms with van der Waals surface area (Å²) >= 11 is 0. The summed E-state index contributed by atoms with van der Waals surface area (Å²) in [5.74, 6) is 0.0394. The minimum Gasteiger partial charge on any atom is -0.459 e. The first-order valence-corrected chi connectivity index (χ1v) is 28.7. The maximum absolute atomic E-state index is 15.5. The van der Waals surface area contributed by atoms with E-state index in [1.807, 2.05) is 65.6 Å². The summed E-state index contributed by atoms with van der Waals surface area (Å²) in [6.07, 6.45) is 20.4. The quantitative estimate of drug-likeness (QED) is 0.0265. The Labute approximate surface area is 453 Å². The fraction of sp³-hybridized carbons (Fsp3) is 0.485. The van der Waals surface area contributed by atoms with Crippen LogP contribution in [0.15, 0.2) is 139 Å². The van der Waals surface area contributed by atoms with Crippen LogP contribution in [0, 0.1) is 31.6 Å². The molecule has 3 aliphatic rings. The standard InChI is InChI=1S/C66H84N2O8/c1-5-7-8-9-10-11-12-13-14-24-41-72-65(71)68(46-53-31-25-30-51-28-18-19-32-56(51)53)62-45-60(67-74-47-50-26-16-15-17-27-50)58-43-52(29-20-22-38-69)57(33-21-23-39-70)63-59-44-55(75-54-35-34-48(3)49(4)42-54)36-37-61(59)76-66(62,64(58)63)73-40-6-2/h6,15-19,25-28,30-32,34-37,42-44,52,57,62-64,69-70H,2,5,7-14,20-24,29,33,38-41,45-47H2,1,3-4H3/t52-,57+,62-,63+,64+,66+/m0/s1. The molecule has 0 spiro atoms. The summed E-state index contributed by atoms with van der Waals surface area (Å²) in [6.45, 7) is 11.7. The largest absolute Gasteiger partial charge is 0.459 e. The molecular formula is C66H84N2O8. The lowest BCUT2D eigenvalue weighted by Crippen LogP contribution is -2.70. The molecule has 5 aromatic rings. The van der Waals surface area contributed by atoms with Gasteiger partial charge in [-0.05, 0) is 127 Å². The summed E-state index contributed by atoms with van der Waals surface area (Å²) in [6, 6.07) is 36.1. The van der Waals surface area contributed by atoms with Crippen molar-refractivity contribution in [3.8, 4) is 17.2 Å². The minimum atomic E-state index is -1.46. The highest BCUT2D eigenvalue weighted by Gasteiger charge is 2.66. The van der Waals surface area contributed by atoms with Crippen LogP contribution in [0.2, 0.25) is 0 Å². The van der Waals surface area contributed by atoms with Gasteiger partial charge in [0, 0.05) is 31.1 Å². The number of unbranched alkanes of at least 4 members (excludes halogenated alkanes) is 11. The number of hydrogen-bond donors (Lipinski definition) is 2. The maximum atomic E-state index is 15.5. The number of oxime groups is 1. The molecule has 1 saturated carbocycles. The predicted octanol–water partition coefficient (Wildman–Crippen LogP) is 15.6. The van der Waals surface area contributed by atoms with Gasteiger partial charge in [-0.3, -0.25) is 4.90 Å². The number of allylic oxidation sites excluding steroid dienone is 1. The van der Waals surface area contributed by atoms with Crippen LogP contribution in [-0.4, -0.2) is 65.2 Å². The van der Waals surface area contributed by atoms with Crippen LogP contribution in [0.4, 0.5) is 4.79 Å². The molecule has 2 N–H and O–H groups in total. The van der Waals surface area contributed by atoms with E-state index in [2.05, 4.69) is 82.0 Å². The van der Waals surface area contributed by atoms with Crippen LogP contribution in [0.3, 0.4) is 0 Å². The second-order valence-corrected chi connectivity index (χ2v) is 21.4. The summed E-state index contributed by atoms with van der Waals surface area (Å²) in [5.41, 5.74) is 6.99. The lowest BCUT2D eigenvalue weighted by molar-refractivity contribution is -0.256. The number of nitrogens with zero attached hydrogens (tertiary/aromatic N) is 2. The Kier molecular flexibility index (Phi) is 21.1. The van der Waals surface area contributed by atoms with Crippen molar-refractivity contribution in [2.24, 2.45) is 22.9 Å². The Balaban J connectivity index is 1.26. The van der Waals surface area contributed by atoms with Crippen molar-refractivity contribution < 1.29 is 38.8 Å². The number of carbonyl (C=O) groups is 1. The highest BCUT2D eigenvalue weighted by Crippen LogP contribution is 2.62. The monoisotopic (exact) mass is 1030 g/mol. The highest BCUT2D eigenvalue weighted by molar-refractivity contribution is 6.03. The van der Waals surface area contributed by atoms with Gasteiger partial charge in [-0.15, -0.1) is 6.58 Å². The fourth-order valence-electron chi connectivity index (χ4n) is 12.1. The second-order valence-electron chi connectivity index (χ2n) is 21.4. The highest BCUT2D eigenvalue weighted by atomic mass is 16.7. The molecule has 0 radical (unpaired) electrons. The van der Waals surface area contributed by atoms with Crippen molar-refractivity contribution in [1.82, 2.24) is 4.90 Å². The first-order chi connectivity index (χ1) is 37.3. The zero-order valence-electron chi connectivity index (χ0n) is 45.6. The Morgan fingerprint density at radius 2 is 1.47 bits per heavy atom. The van der Waals surface area contributed by atoms with E-state index in [1.165, 1.54) is 50.5 Å². The summed E-state index contributed by atoms with van der Waals surface area (Å²) < 4.78 is 28.1. The molecule has 76 heavy (non-hydrogen) atoms. The van der Waals surface area contributed by atoms with Crippen LogP contribution in [0.25, 0.3) is 10.8 Å². The third kappa shape index (κ3) is 14.0. The SMILES string of the molecule is C=CCO[C@@]12Oc3ccc(Oc4ccc(C)c(C)c4)cc3[C@H]3[C@H](CCCCO)[C@@H](CCCCO)C=C(C(=NOCc4ccccc4)C[C@@H]1N(Cc1cccc4ccccc14)C(=O)OCCCCCCCCCCCC)[C@H]32. The molecular weight excluding hydrogens is 949 g/mol. The fourth-order valence-corrected chi connectivity index (χ4v) is 12.1. The number of hydrogen-bond acceptors (Lipinski definition) is 9. The molecule has 10 heteroatoms. The molecule has 5 aromatic carbocycles. The van der Waals surface area contributed by atoms with Gasteiger partial charge < -0.3 is 34.0 Å². The number of aryl methyl sites for hydroxylation is 2. The number of benzene rings is 5. The van der Waals surface area contributed by atoms with E-state index in [9.17, 15) is 10.2 Å². The van der Waals surface area contributed by atoms with Gasteiger partial charge in [0.15, 0.2) is 0 Å². The average Bonchev–Trinajstić information content (AvgIpc) is 3.44. The zero-order valence-corrected chi connectivity index (χ0v) is 45.6. The molecule has 1 heterocycles. The summed E-state index contributed by atoms with van der Waals surface area (Å²) in [5, 5.41) is 27.5. The van der Waals surface area contributed by atoms with Gasteiger partial charge in [-0.25, -0.2) is 4.79 Å². The molecule has 10 nitrogen and oxygen atoms in total. The van der Waals surface area contributed by atoms with Gasteiger partial charge >= 0.3 is 6.09 Å². The van der Waals surface area contributed by atoms with Crippen molar-refractivity contribution in [2.75, 3.05) is 26.4 Å². The third-order valence-electron chi connectivity index (χ3n) is 16.2. The van der Waals surface area contributed by atoms with Gasteiger partial charge in [0.2, 0.25) is 5.79 Å². The smallest absolute Gasteiger partial charge is 0.410 e. The van der Waals surface area contributed by atoms with Crippen LogP contribution in [0.5, 0.6) is 17.2 Å². The van der Waals surface area contributed by atoms with E-state index in [1.54, 1.807) is 6.08 Å². The molecule has 0 saturated heterocycles. The number of aliphatic hydroxyl groups excluding tert-OH is 2. The van der Waals surface area contributed by atoms with Crippen LogP contribution >= 0.6 is 0 Å². The lowest BCUT2D eigenvalue weighted by atomic mass is 9.55. The van der Waals surface area contributed by atoms with Crippen LogP contribution < -0.4 is 9.47 Å². The molecule has 1 aliphatic heterocycles. The van der Waals surface area contributed by atoms with E-state index in [4.69, 9.17) is 28.9 Å². The third-order valence-corrected chi connectivity index (χ3v) is 16.2. The molecule has 0 aromatic heterocycles. The topological polar surface area (TPSA) is 119 Å². The molecule has 8 rings (SSSR count). The summed E-state index contributed by atoms with van der Waals surface area (Å²) in [7, 11) is 0. The van der Waals surface area contributed by atoms with E-state index in [-0.39, 0.29) is 57.1 Å². The number of aliphatic hydroxyl groups is 2. The van der Waals surface area contributed by atoms with Gasteiger partial charge in [0.25, 0.3) is 0 Å². The molecule has 1 amide bonds. The second kappa shape index (κ2) is 28.4. The maximum Gasteiger partial charge on any atom is 0.410 e. The summed E-state index contributed by atoms with van der Waals surface area (Å²) in [4.78, 5) is 23.7. The van der Waals surface area contributed by atoms with Gasteiger partial charge in [-0.2, -0.15) is 0 Å². The van der Waals surface area contributed by atoms with Crippen molar-refractivity contribution in [3.05, 3.63) is 161 Å². The molecule has 0 unspecified atom stereocenters. The van der Waals surface area contributed by atoms with Crippen molar-refractivity contribution >= 4 is 22.6 Å². The Bertz CT molecular complexity index is 2700. The van der Waals surface area contributed by atoms with Gasteiger partial charge in [0.05, 0.1) is 31.4 Å². The Hall–Kier alpha value is -5.94. The number of fused-ring (bicyclic) bond motifs is 3. The molecule has 6 atom stereocenters. The van der Waals surface area contributed by atoms with Crippen LogP contribution in [-0.2, 0) is 27.5 Å². The predicted molar refractivity (Wildman–Crippen MR) is 305 cm³/mol. The number of carbonyl (C=O) groups excluding carboxylic acids is 1. The van der Waals surface area contributed by atoms with E-state index in [0.717, 1.165) is 95.0 Å². The van der Waals surface area contributed by atoms with Crippen molar-refractivity contribution in [1.29, 1.82) is 0 Å². The molecule has 0 bridgehead atoms. The van der Waals surface area contributed by atoms with E-state index < -0.39 is 23.8 Å². The molecule has 2 aliphatic carbocycles. The first-order valence-electron chi connectivity index (χ1n) is 28.7. The van der Waals surface area contributed by atoms with Crippen molar-refractivity contribution in [2.45, 2.75) is 161 Å². The Morgan fingerprint density at radius 1 is 0.776 bits per heavy atom. The van der Waals surface area contributed by atoms with Crippen molar-refractivity contribution in [3.63, 3.8) is 0 Å². The molecule has 406 valence electrons. The Morgan fingerprint density at radius 3 is 2.22 bits per heavy atom. The lowest BCUT2D eigenvalue weighted by Gasteiger charge is -2.60. The normalized spacial score (nSPS) is 21.0. The van der Waals surface area contributed by atoms with Gasteiger partial charge in [0.1, 0.15) is 29.9 Å². The number of amides is 1.